The summed E-state index contributed by atoms with van der Waals surface area (Å²) in [4.78, 5) is 12.2. The fourth-order valence-electron chi connectivity index (χ4n) is 2.69. The Labute approximate surface area is 180 Å². The van der Waals surface area contributed by atoms with Gasteiger partial charge in [-0.05, 0) is 48.9 Å². The van der Waals surface area contributed by atoms with Gasteiger partial charge in [0.05, 0.1) is 18.4 Å². The molecule has 3 N–H and O–H groups in total. The fraction of sp³-hybridized carbons (Fsp3) is 0.130. The Morgan fingerprint density at radius 2 is 1.83 bits per heavy atom. The number of halogens is 1. The maximum Gasteiger partial charge on any atom is 0.273 e. The van der Waals surface area contributed by atoms with E-state index in [1.54, 1.807) is 36.4 Å². The molecule has 0 aliphatic rings. The van der Waals surface area contributed by atoms with E-state index < -0.39 is 0 Å². The Hall–Kier alpha value is -3.51. The second-order valence-electron chi connectivity index (χ2n) is 6.31. The third-order valence-corrected chi connectivity index (χ3v) is 4.56. The first-order valence-electron chi connectivity index (χ1n) is 9.39. The Balaban J connectivity index is 1.68. The van der Waals surface area contributed by atoms with Crippen molar-refractivity contribution in [1.29, 1.82) is 0 Å². The summed E-state index contributed by atoms with van der Waals surface area (Å²) >= 11 is 6.18. The number of anilines is 1. The number of ether oxygens (including phenoxy) is 2. The van der Waals surface area contributed by atoms with Crippen LogP contribution in [-0.4, -0.2) is 18.7 Å². The molecule has 0 saturated heterocycles. The predicted molar refractivity (Wildman–Crippen MR) is 119 cm³/mol. The molecule has 0 saturated carbocycles. The zero-order chi connectivity index (χ0) is 21.3. The van der Waals surface area contributed by atoms with E-state index in [-0.39, 0.29) is 5.91 Å². The number of para-hydroxylation sites is 1. The maximum absolute atomic E-state index is 12.2. The zero-order valence-electron chi connectivity index (χ0n) is 16.5. The molecule has 0 spiro atoms. The number of rotatable bonds is 8. The zero-order valence-corrected chi connectivity index (χ0v) is 17.2. The van der Waals surface area contributed by atoms with Crippen molar-refractivity contribution in [1.82, 2.24) is 5.43 Å². The second-order valence-corrected chi connectivity index (χ2v) is 6.71. The quantitative estimate of drug-likeness (QED) is 0.313. The maximum atomic E-state index is 12.2. The molecule has 154 valence electrons. The van der Waals surface area contributed by atoms with Crippen LogP contribution >= 0.6 is 11.6 Å². The number of hydrogen-bond donors (Lipinski definition) is 2. The Bertz CT molecular complexity index is 1050. The first-order valence-corrected chi connectivity index (χ1v) is 9.77. The molecule has 0 heterocycles. The van der Waals surface area contributed by atoms with Crippen LogP contribution in [0.5, 0.6) is 11.5 Å². The van der Waals surface area contributed by atoms with Crippen molar-refractivity contribution < 1.29 is 14.3 Å². The van der Waals surface area contributed by atoms with Crippen LogP contribution in [0.2, 0.25) is 5.02 Å². The van der Waals surface area contributed by atoms with E-state index in [9.17, 15) is 4.79 Å². The molecule has 0 aliphatic heterocycles. The standard InChI is InChI=1S/C23H22ClN3O3/c1-2-29-22-13-16(14-26-27-23(28)18-8-4-6-10-20(18)25)11-12-21(22)30-15-17-7-3-5-9-19(17)24/h3-14H,2,15,25H2,1H3,(H,27,28)/b26-14-. The van der Waals surface area contributed by atoms with E-state index in [0.29, 0.717) is 41.0 Å². The van der Waals surface area contributed by atoms with Crippen molar-refractivity contribution in [3.05, 3.63) is 88.4 Å². The number of nitrogen functional groups attached to an aromatic ring is 1. The minimum Gasteiger partial charge on any atom is -0.490 e. The van der Waals surface area contributed by atoms with Crippen molar-refractivity contribution in [3.8, 4) is 11.5 Å². The van der Waals surface area contributed by atoms with Gasteiger partial charge in [-0.25, -0.2) is 5.43 Å². The number of amides is 1. The number of carbonyl (C=O) groups excluding carboxylic acids is 1. The summed E-state index contributed by atoms with van der Waals surface area (Å²) in [5.41, 5.74) is 10.7. The van der Waals surface area contributed by atoms with E-state index in [4.69, 9.17) is 26.8 Å². The fourth-order valence-corrected chi connectivity index (χ4v) is 2.88. The lowest BCUT2D eigenvalue weighted by molar-refractivity contribution is 0.0956. The molecule has 3 aromatic carbocycles. The van der Waals surface area contributed by atoms with Gasteiger partial charge in [-0.3, -0.25) is 4.79 Å². The molecular formula is C23H22ClN3O3. The van der Waals surface area contributed by atoms with Crippen LogP contribution in [0, 0.1) is 0 Å². The first-order chi connectivity index (χ1) is 14.6. The van der Waals surface area contributed by atoms with Crippen LogP contribution in [0.15, 0.2) is 71.8 Å². The molecule has 0 radical (unpaired) electrons. The molecule has 0 unspecified atom stereocenters. The highest BCUT2D eigenvalue weighted by atomic mass is 35.5. The molecule has 3 rings (SSSR count). The lowest BCUT2D eigenvalue weighted by Crippen LogP contribution is -2.19. The van der Waals surface area contributed by atoms with E-state index in [2.05, 4.69) is 10.5 Å². The van der Waals surface area contributed by atoms with Gasteiger partial charge >= 0.3 is 0 Å². The third kappa shape index (κ3) is 5.52. The molecule has 1 amide bonds. The number of nitrogens with two attached hydrogens (primary N) is 1. The van der Waals surface area contributed by atoms with Crippen LogP contribution in [0.1, 0.15) is 28.4 Å². The van der Waals surface area contributed by atoms with Crippen molar-refractivity contribution >= 4 is 29.4 Å². The van der Waals surface area contributed by atoms with Crippen LogP contribution in [0.3, 0.4) is 0 Å². The molecule has 3 aromatic rings. The van der Waals surface area contributed by atoms with Crippen molar-refractivity contribution in [2.75, 3.05) is 12.3 Å². The van der Waals surface area contributed by atoms with Gasteiger partial charge in [0.15, 0.2) is 11.5 Å². The normalized spacial score (nSPS) is 10.7. The molecule has 0 aliphatic carbocycles. The van der Waals surface area contributed by atoms with Gasteiger partial charge in [-0.15, -0.1) is 0 Å². The second kappa shape index (κ2) is 10.3. The molecule has 0 aromatic heterocycles. The van der Waals surface area contributed by atoms with E-state index in [1.807, 2.05) is 37.3 Å². The smallest absolute Gasteiger partial charge is 0.273 e. The summed E-state index contributed by atoms with van der Waals surface area (Å²) in [5.74, 6) is 0.788. The first kappa shape index (κ1) is 21.2. The summed E-state index contributed by atoms with van der Waals surface area (Å²) in [5, 5.41) is 4.65. The Morgan fingerprint density at radius 3 is 2.60 bits per heavy atom. The van der Waals surface area contributed by atoms with Crippen molar-refractivity contribution in [2.45, 2.75) is 13.5 Å². The monoisotopic (exact) mass is 423 g/mol. The minimum absolute atomic E-state index is 0.321. The number of nitrogens with zero attached hydrogens (tertiary/aromatic N) is 1. The average molecular weight is 424 g/mol. The number of nitrogens with one attached hydrogen (secondary N) is 1. The van der Waals surface area contributed by atoms with Crippen LogP contribution in [0.25, 0.3) is 0 Å². The van der Waals surface area contributed by atoms with Gasteiger partial charge in [-0.2, -0.15) is 5.10 Å². The molecule has 0 fully saturated rings. The topological polar surface area (TPSA) is 85.9 Å². The van der Waals surface area contributed by atoms with Crippen molar-refractivity contribution in [2.24, 2.45) is 5.10 Å². The number of carbonyl (C=O) groups is 1. The Kier molecular flexibility index (Phi) is 7.29. The lowest BCUT2D eigenvalue weighted by Gasteiger charge is -2.13. The average Bonchev–Trinajstić information content (AvgIpc) is 2.74. The van der Waals surface area contributed by atoms with Gasteiger partial charge in [-0.1, -0.05) is 41.9 Å². The number of benzene rings is 3. The highest BCUT2D eigenvalue weighted by Crippen LogP contribution is 2.29. The molecule has 0 bridgehead atoms. The summed E-state index contributed by atoms with van der Waals surface area (Å²) in [7, 11) is 0. The lowest BCUT2D eigenvalue weighted by atomic mass is 10.2. The van der Waals surface area contributed by atoms with E-state index >= 15 is 0 Å². The molecule has 30 heavy (non-hydrogen) atoms. The third-order valence-electron chi connectivity index (χ3n) is 4.19. The summed E-state index contributed by atoms with van der Waals surface area (Å²) in [6.07, 6.45) is 1.53. The summed E-state index contributed by atoms with van der Waals surface area (Å²) in [6, 6.07) is 19.7. The van der Waals surface area contributed by atoms with E-state index in [1.165, 1.54) is 6.21 Å². The molecular weight excluding hydrogens is 402 g/mol. The minimum atomic E-state index is -0.380. The summed E-state index contributed by atoms with van der Waals surface area (Å²) in [6.45, 7) is 2.69. The van der Waals surface area contributed by atoms with Crippen molar-refractivity contribution in [3.63, 3.8) is 0 Å². The van der Waals surface area contributed by atoms with Gasteiger partial charge in [0.25, 0.3) is 5.91 Å². The number of hydrogen-bond acceptors (Lipinski definition) is 5. The van der Waals surface area contributed by atoms with E-state index in [0.717, 1.165) is 11.1 Å². The largest absolute Gasteiger partial charge is 0.490 e. The van der Waals surface area contributed by atoms with Gasteiger partial charge < -0.3 is 15.2 Å². The summed E-state index contributed by atoms with van der Waals surface area (Å²) < 4.78 is 11.6. The Morgan fingerprint density at radius 1 is 1.07 bits per heavy atom. The van der Waals surface area contributed by atoms with Crippen LogP contribution in [0.4, 0.5) is 5.69 Å². The molecule has 6 nitrogen and oxygen atoms in total. The highest BCUT2D eigenvalue weighted by Gasteiger charge is 2.09. The van der Waals surface area contributed by atoms with Gasteiger partial charge in [0.2, 0.25) is 0 Å². The van der Waals surface area contributed by atoms with Gasteiger partial charge in [0, 0.05) is 16.3 Å². The number of hydrazone groups is 1. The highest BCUT2D eigenvalue weighted by molar-refractivity contribution is 6.31. The van der Waals surface area contributed by atoms with Gasteiger partial charge in [0.1, 0.15) is 6.61 Å². The molecule has 0 atom stereocenters. The molecule has 7 heteroatoms. The van der Waals surface area contributed by atoms with Crippen LogP contribution < -0.4 is 20.6 Å². The van der Waals surface area contributed by atoms with Crippen LogP contribution in [-0.2, 0) is 6.61 Å². The SMILES string of the molecule is CCOc1cc(/C=N\NC(=O)c2ccccc2N)ccc1OCc1ccccc1Cl. The predicted octanol–water partition coefficient (Wildman–Crippen LogP) is 4.66.